The first-order valence-electron chi connectivity index (χ1n) is 4.02. The summed E-state index contributed by atoms with van der Waals surface area (Å²) in [4.78, 5) is 0. The van der Waals surface area contributed by atoms with Gasteiger partial charge in [0.1, 0.15) is 0 Å². The molecule has 0 heterocycles. The standard InChI is InChI=1S/C8H19NO2/c1-7(9)5-4-6-8(10-2)11-3/h7-8H,4-6,9H2,1-3H3. The van der Waals surface area contributed by atoms with E-state index in [2.05, 4.69) is 0 Å². The van der Waals surface area contributed by atoms with E-state index in [1.54, 1.807) is 14.2 Å². The molecule has 0 aromatic heterocycles. The summed E-state index contributed by atoms with van der Waals surface area (Å²) in [5.41, 5.74) is 5.58. The molecule has 0 spiro atoms. The predicted molar refractivity (Wildman–Crippen MR) is 45.3 cm³/mol. The molecular weight excluding hydrogens is 142 g/mol. The van der Waals surface area contributed by atoms with Crippen LogP contribution in [0, 0.1) is 0 Å². The molecule has 3 heteroatoms. The zero-order valence-corrected chi connectivity index (χ0v) is 7.67. The van der Waals surface area contributed by atoms with Crippen molar-refractivity contribution in [3.05, 3.63) is 0 Å². The number of methoxy groups -OCH3 is 2. The highest BCUT2D eigenvalue weighted by Gasteiger charge is 2.04. The molecule has 0 bridgehead atoms. The van der Waals surface area contributed by atoms with E-state index in [0.717, 1.165) is 19.3 Å². The van der Waals surface area contributed by atoms with Crippen LogP contribution >= 0.6 is 0 Å². The highest BCUT2D eigenvalue weighted by Crippen LogP contribution is 2.05. The van der Waals surface area contributed by atoms with Gasteiger partial charge in [-0.05, 0) is 26.2 Å². The molecule has 0 aliphatic heterocycles. The second-order valence-electron chi connectivity index (χ2n) is 2.81. The zero-order valence-electron chi connectivity index (χ0n) is 7.67. The molecule has 11 heavy (non-hydrogen) atoms. The van der Waals surface area contributed by atoms with Gasteiger partial charge in [0.15, 0.2) is 6.29 Å². The Morgan fingerprint density at radius 3 is 2.09 bits per heavy atom. The third-order valence-electron chi connectivity index (χ3n) is 1.63. The summed E-state index contributed by atoms with van der Waals surface area (Å²) in [5, 5.41) is 0. The number of hydrogen-bond donors (Lipinski definition) is 1. The van der Waals surface area contributed by atoms with Gasteiger partial charge in [-0.1, -0.05) is 0 Å². The SMILES string of the molecule is COC(CCCC(C)N)OC. The van der Waals surface area contributed by atoms with Gasteiger partial charge in [0.25, 0.3) is 0 Å². The molecule has 2 N–H and O–H groups in total. The van der Waals surface area contributed by atoms with E-state index in [-0.39, 0.29) is 12.3 Å². The van der Waals surface area contributed by atoms with E-state index in [1.807, 2.05) is 6.92 Å². The van der Waals surface area contributed by atoms with Crippen LogP contribution in [0.3, 0.4) is 0 Å². The Hall–Kier alpha value is -0.120. The van der Waals surface area contributed by atoms with Crippen LogP contribution in [0.25, 0.3) is 0 Å². The molecule has 3 nitrogen and oxygen atoms in total. The summed E-state index contributed by atoms with van der Waals surface area (Å²) in [6, 6.07) is 0.282. The lowest BCUT2D eigenvalue weighted by molar-refractivity contribution is -0.107. The Bertz CT molecular complexity index is 82.2. The van der Waals surface area contributed by atoms with E-state index in [1.165, 1.54) is 0 Å². The third-order valence-corrected chi connectivity index (χ3v) is 1.63. The summed E-state index contributed by atoms with van der Waals surface area (Å²) >= 11 is 0. The first-order chi connectivity index (χ1) is 5.20. The van der Waals surface area contributed by atoms with Gasteiger partial charge in [0, 0.05) is 20.3 Å². The maximum absolute atomic E-state index is 5.58. The van der Waals surface area contributed by atoms with Crippen LogP contribution in [-0.2, 0) is 9.47 Å². The minimum absolute atomic E-state index is 0.0613. The van der Waals surface area contributed by atoms with Crippen LogP contribution in [0.15, 0.2) is 0 Å². The third kappa shape index (κ3) is 6.28. The van der Waals surface area contributed by atoms with Crippen molar-refractivity contribution in [3.8, 4) is 0 Å². The molecule has 0 saturated heterocycles. The minimum Gasteiger partial charge on any atom is -0.356 e. The average molecular weight is 161 g/mol. The van der Waals surface area contributed by atoms with Gasteiger partial charge in [-0.2, -0.15) is 0 Å². The van der Waals surface area contributed by atoms with Crippen molar-refractivity contribution in [2.24, 2.45) is 5.73 Å². The average Bonchev–Trinajstić information content (AvgIpc) is 1.98. The number of rotatable bonds is 6. The molecule has 0 aromatic carbocycles. The molecule has 0 fully saturated rings. The number of nitrogens with two attached hydrogens (primary N) is 1. The zero-order chi connectivity index (χ0) is 8.69. The van der Waals surface area contributed by atoms with Crippen LogP contribution in [0.2, 0.25) is 0 Å². The molecule has 68 valence electrons. The van der Waals surface area contributed by atoms with Gasteiger partial charge in [0.05, 0.1) is 0 Å². The lowest BCUT2D eigenvalue weighted by Gasteiger charge is -2.13. The van der Waals surface area contributed by atoms with E-state index in [0.29, 0.717) is 0 Å². The normalized spacial score (nSPS) is 13.9. The number of hydrogen-bond acceptors (Lipinski definition) is 3. The Morgan fingerprint density at radius 1 is 1.18 bits per heavy atom. The van der Waals surface area contributed by atoms with Gasteiger partial charge in [0.2, 0.25) is 0 Å². The first-order valence-corrected chi connectivity index (χ1v) is 4.02. The quantitative estimate of drug-likeness (QED) is 0.594. The van der Waals surface area contributed by atoms with Crippen molar-refractivity contribution in [3.63, 3.8) is 0 Å². The van der Waals surface area contributed by atoms with Gasteiger partial charge in [-0.25, -0.2) is 0 Å². The first kappa shape index (κ1) is 10.9. The van der Waals surface area contributed by atoms with Crippen LogP contribution in [0.5, 0.6) is 0 Å². The van der Waals surface area contributed by atoms with Crippen molar-refractivity contribution in [1.29, 1.82) is 0 Å². The Labute approximate surface area is 68.9 Å². The molecule has 1 unspecified atom stereocenters. The van der Waals surface area contributed by atoms with Crippen molar-refractivity contribution in [2.45, 2.75) is 38.5 Å². The lowest BCUT2D eigenvalue weighted by Crippen LogP contribution is -2.17. The fourth-order valence-electron chi connectivity index (χ4n) is 0.938. The highest BCUT2D eigenvalue weighted by molar-refractivity contribution is 4.54. The summed E-state index contributed by atoms with van der Waals surface area (Å²) in [6.45, 7) is 2.01. The monoisotopic (exact) mass is 161 g/mol. The van der Waals surface area contributed by atoms with Crippen molar-refractivity contribution >= 4 is 0 Å². The maximum atomic E-state index is 5.58. The fraction of sp³-hybridized carbons (Fsp3) is 1.00. The predicted octanol–water partition coefficient (Wildman–Crippen LogP) is 1.12. The summed E-state index contributed by atoms with van der Waals surface area (Å²) < 4.78 is 10.0. The fourth-order valence-corrected chi connectivity index (χ4v) is 0.938. The Morgan fingerprint density at radius 2 is 1.73 bits per heavy atom. The van der Waals surface area contributed by atoms with Crippen LogP contribution in [0.4, 0.5) is 0 Å². The van der Waals surface area contributed by atoms with E-state index >= 15 is 0 Å². The van der Waals surface area contributed by atoms with Crippen LogP contribution in [-0.4, -0.2) is 26.6 Å². The largest absolute Gasteiger partial charge is 0.356 e. The molecule has 0 aromatic rings. The summed E-state index contributed by atoms with van der Waals surface area (Å²) in [6.07, 6.45) is 2.95. The van der Waals surface area contributed by atoms with Crippen molar-refractivity contribution < 1.29 is 9.47 Å². The molecule has 0 rings (SSSR count). The number of ether oxygens (including phenoxy) is 2. The molecule has 1 atom stereocenters. The van der Waals surface area contributed by atoms with Crippen LogP contribution in [0.1, 0.15) is 26.2 Å². The molecule has 0 aliphatic rings. The molecule has 0 radical (unpaired) electrons. The van der Waals surface area contributed by atoms with E-state index < -0.39 is 0 Å². The Balaban J connectivity index is 3.21. The second kappa shape index (κ2) is 6.58. The molecule has 0 amide bonds. The van der Waals surface area contributed by atoms with Crippen LogP contribution < -0.4 is 5.73 Å². The van der Waals surface area contributed by atoms with Gasteiger partial charge >= 0.3 is 0 Å². The topological polar surface area (TPSA) is 44.5 Å². The van der Waals surface area contributed by atoms with Crippen molar-refractivity contribution in [1.82, 2.24) is 0 Å². The highest BCUT2D eigenvalue weighted by atomic mass is 16.7. The summed E-state index contributed by atoms with van der Waals surface area (Å²) in [5.74, 6) is 0. The Kier molecular flexibility index (Phi) is 6.51. The smallest absolute Gasteiger partial charge is 0.156 e. The molecule has 0 saturated carbocycles. The summed E-state index contributed by atoms with van der Waals surface area (Å²) in [7, 11) is 3.31. The van der Waals surface area contributed by atoms with Gasteiger partial charge < -0.3 is 15.2 Å². The van der Waals surface area contributed by atoms with Gasteiger partial charge in [-0.15, -0.1) is 0 Å². The molecule has 0 aliphatic carbocycles. The molecular formula is C8H19NO2. The van der Waals surface area contributed by atoms with Crippen molar-refractivity contribution in [2.75, 3.05) is 14.2 Å². The van der Waals surface area contributed by atoms with Gasteiger partial charge in [-0.3, -0.25) is 0 Å². The maximum Gasteiger partial charge on any atom is 0.156 e. The van der Waals surface area contributed by atoms with E-state index in [9.17, 15) is 0 Å². The lowest BCUT2D eigenvalue weighted by atomic mass is 10.1. The second-order valence-corrected chi connectivity index (χ2v) is 2.81. The minimum atomic E-state index is -0.0613. The van der Waals surface area contributed by atoms with E-state index in [4.69, 9.17) is 15.2 Å².